The Kier molecular flexibility index (Phi) is 3.02. The maximum Gasteiger partial charge on any atom is 0.133 e. The Morgan fingerprint density at radius 2 is 2.28 bits per heavy atom. The van der Waals surface area contributed by atoms with Crippen LogP contribution in [-0.2, 0) is 19.5 Å². The molecule has 2 heterocycles. The zero-order valence-electron chi connectivity index (χ0n) is 10.5. The van der Waals surface area contributed by atoms with Crippen molar-refractivity contribution in [2.24, 2.45) is 0 Å². The zero-order chi connectivity index (χ0) is 12.4. The largest absolute Gasteiger partial charge is 0.384 e. The van der Waals surface area contributed by atoms with Gasteiger partial charge in [-0.25, -0.2) is 0 Å². The molecule has 0 fully saturated rings. The zero-order valence-corrected chi connectivity index (χ0v) is 10.5. The molecule has 0 spiro atoms. The third kappa shape index (κ3) is 2.38. The summed E-state index contributed by atoms with van der Waals surface area (Å²) in [6, 6.07) is 8.56. The number of hydrogen-bond donors (Lipinski definition) is 2. The topological polar surface area (TPSA) is 50.1 Å². The highest BCUT2D eigenvalue weighted by Crippen LogP contribution is 2.22. The standard InChI is InChI=1S/C14H17N3O/c1-10-6-13(17-18-10)9-15-8-11-2-3-14-12(7-11)4-5-16-14/h2-3,6-7,15-16H,4-5,8-9H2,1H3. The van der Waals surface area contributed by atoms with E-state index in [1.807, 2.05) is 13.0 Å². The van der Waals surface area contributed by atoms with Crippen molar-refractivity contribution in [1.29, 1.82) is 0 Å². The fourth-order valence-corrected chi connectivity index (χ4v) is 2.30. The number of fused-ring (bicyclic) bond motifs is 1. The van der Waals surface area contributed by atoms with Crippen molar-refractivity contribution in [2.75, 3.05) is 11.9 Å². The highest BCUT2D eigenvalue weighted by Gasteiger charge is 2.09. The number of nitrogens with zero attached hydrogens (tertiary/aromatic N) is 1. The number of nitrogens with one attached hydrogen (secondary N) is 2. The number of aromatic nitrogens is 1. The molecule has 2 aromatic rings. The molecule has 0 atom stereocenters. The summed E-state index contributed by atoms with van der Waals surface area (Å²) in [6.45, 7) is 4.57. The van der Waals surface area contributed by atoms with E-state index in [2.05, 4.69) is 34.0 Å². The van der Waals surface area contributed by atoms with Gasteiger partial charge in [0.15, 0.2) is 0 Å². The van der Waals surface area contributed by atoms with E-state index in [4.69, 9.17) is 4.52 Å². The molecule has 3 rings (SSSR count). The third-order valence-corrected chi connectivity index (χ3v) is 3.19. The van der Waals surface area contributed by atoms with Gasteiger partial charge in [0, 0.05) is 31.4 Å². The summed E-state index contributed by atoms with van der Waals surface area (Å²) in [7, 11) is 0. The number of benzene rings is 1. The van der Waals surface area contributed by atoms with Crippen LogP contribution in [0.2, 0.25) is 0 Å². The van der Waals surface area contributed by atoms with E-state index >= 15 is 0 Å². The molecule has 1 aromatic heterocycles. The summed E-state index contributed by atoms with van der Waals surface area (Å²) in [5.41, 5.74) is 4.98. The lowest BCUT2D eigenvalue weighted by Gasteiger charge is -2.05. The van der Waals surface area contributed by atoms with Gasteiger partial charge in [0.05, 0.1) is 5.69 Å². The summed E-state index contributed by atoms with van der Waals surface area (Å²) in [4.78, 5) is 0. The Hall–Kier alpha value is -1.81. The van der Waals surface area contributed by atoms with E-state index in [9.17, 15) is 0 Å². The van der Waals surface area contributed by atoms with Gasteiger partial charge in [0.1, 0.15) is 5.76 Å². The molecule has 2 N–H and O–H groups in total. The van der Waals surface area contributed by atoms with Gasteiger partial charge in [-0.2, -0.15) is 0 Å². The van der Waals surface area contributed by atoms with Crippen LogP contribution in [-0.4, -0.2) is 11.7 Å². The molecule has 0 bridgehead atoms. The minimum atomic E-state index is 0.743. The molecule has 18 heavy (non-hydrogen) atoms. The van der Waals surface area contributed by atoms with Crippen LogP contribution in [0.3, 0.4) is 0 Å². The first-order chi connectivity index (χ1) is 8.81. The van der Waals surface area contributed by atoms with Crippen molar-refractivity contribution in [3.63, 3.8) is 0 Å². The number of anilines is 1. The minimum Gasteiger partial charge on any atom is -0.384 e. The molecular formula is C14H17N3O. The molecule has 1 aliphatic heterocycles. The van der Waals surface area contributed by atoms with Gasteiger partial charge in [-0.15, -0.1) is 0 Å². The summed E-state index contributed by atoms with van der Waals surface area (Å²) >= 11 is 0. The molecule has 1 aromatic carbocycles. The average Bonchev–Trinajstić information content (AvgIpc) is 2.97. The van der Waals surface area contributed by atoms with Gasteiger partial charge in [0.2, 0.25) is 0 Å². The van der Waals surface area contributed by atoms with Crippen LogP contribution in [0, 0.1) is 6.92 Å². The molecule has 1 aliphatic rings. The van der Waals surface area contributed by atoms with Gasteiger partial charge in [0.25, 0.3) is 0 Å². The molecular weight excluding hydrogens is 226 g/mol. The lowest BCUT2D eigenvalue weighted by Crippen LogP contribution is -2.12. The smallest absolute Gasteiger partial charge is 0.133 e. The fourth-order valence-electron chi connectivity index (χ4n) is 2.30. The Labute approximate surface area is 106 Å². The molecule has 4 heteroatoms. The predicted octanol–water partition coefficient (Wildman–Crippen LogP) is 2.24. The van der Waals surface area contributed by atoms with Crippen LogP contribution in [0.5, 0.6) is 0 Å². The first-order valence-corrected chi connectivity index (χ1v) is 6.30. The summed E-state index contributed by atoms with van der Waals surface area (Å²) in [6.07, 6.45) is 1.13. The fraction of sp³-hybridized carbons (Fsp3) is 0.357. The molecule has 0 amide bonds. The quantitative estimate of drug-likeness (QED) is 0.864. The van der Waals surface area contributed by atoms with Crippen LogP contribution in [0.4, 0.5) is 5.69 Å². The van der Waals surface area contributed by atoms with Crippen LogP contribution in [0.15, 0.2) is 28.8 Å². The number of hydrogen-bond acceptors (Lipinski definition) is 4. The van der Waals surface area contributed by atoms with E-state index in [0.717, 1.165) is 37.5 Å². The molecule has 0 saturated carbocycles. The highest BCUT2D eigenvalue weighted by atomic mass is 16.5. The summed E-state index contributed by atoms with van der Waals surface area (Å²) in [5, 5.41) is 10.7. The molecule has 94 valence electrons. The highest BCUT2D eigenvalue weighted by molar-refractivity contribution is 5.56. The Morgan fingerprint density at radius 3 is 3.11 bits per heavy atom. The van der Waals surface area contributed by atoms with E-state index in [1.54, 1.807) is 0 Å². The molecule has 0 aliphatic carbocycles. The van der Waals surface area contributed by atoms with Crippen LogP contribution in [0.25, 0.3) is 0 Å². The monoisotopic (exact) mass is 243 g/mol. The minimum absolute atomic E-state index is 0.743. The molecule has 4 nitrogen and oxygen atoms in total. The van der Waals surface area contributed by atoms with Gasteiger partial charge >= 0.3 is 0 Å². The maximum atomic E-state index is 5.03. The number of aryl methyl sites for hydroxylation is 1. The number of rotatable bonds is 4. The first kappa shape index (κ1) is 11.3. The second kappa shape index (κ2) is 4.82. The predicted molar refractivity (Wildman–Crippen MR) is 70.4 cm³/mol. The average molecular weight is 243 g/mol. The van der Waals surface area contributed by atoms with Crippen molar-refractivity contribution in [2.45, 2.75) is 26.4 Å². The molecule has 0 unspecified atom stereocenters. The van der Waals surface area contributed by atoms with E-state index in [-0.39, 0.29) is 0 Å². The maximum absolute atomic E-state index is 5.03. The Morgan fingerprint density at radius 1 is 1.33 bits per heavy atom. The van der Waals surface area contributed by atoms with Crippen LogP contribution in [0.1, 0.15) is 22.6 Å². The van der Waals surface area contributed by atoms with E-state index in [1.165, 1.54) is 16.8 Å². The van der Waals surface area contributed by atoms with Crippen molar-refractivity contribution in [1.82, 2.24) is 10.5 Å². The Balaban J connectivity index is 1.57. The van der Waals surface area contributed by atoms with Gasteiger partial charge < -0.3 is 15.2 Å². The normalized spacial score (nSPS) is 13.4. The lowest BCUT2D eigenvalue weighted by atomic mass is 10.1. The van der Waals surface area contributed by atoms with Crippen molar-refractivity contribution < 1.29 is 4.52 Å². The molecule has 0 saturated heterocycles. The van der Waals surface area contributed by atoms with E-state index < -0.39 is 0 Å². The van der Waals surface area contributed by atoms with Gasteiger partial charge in [-0.05, 0) is 30.5 Å². The lowest BCUT2D eigenvalue weighted by molar-refractivity contribution is 0.388. The third-order valence-electron chi connectivity index (χ3n) is 3.19. The van der Waals surface area contributed by atoms with Crippen LogP contribution < -0.4 is 10.6 Å². The summed E-state index contributed by atoms with van der Waals surface area (Å²) < 4.78 is 5.03. The van der Waals surface area contributed by atoms with Crippen LogP contribution >= 0.6 is 0 Å². The van der Waals surface area contributed by atoms with Crippen molar-refractivity contribution >= 4 is 5.69 Å². The van der Waals surface area contributed by atoms with Gasteiger partial charge in [-0.1, -0.05) is 17.3 Å². The van der Waals surface area contributed by atoms with Crippen molar-refractivity contribution in [3.8, 4) is 0 Å². The second-order valence-electron chi connectivity index (χ2n) is 4.70. The molecule has 0 radical (unpaired) electrons. The van der Waals surface area contributed by atoms with E-state index in [0.29, 0.717) is 0 Å². The Bertz CT molecular complexity index is 548. The SMILES string of the molecule is Cc1cc(CNCc2ccc3c(c2)CCN3)no1. The van der Waals surface area contributed by atoms with Crippen molar-refractivity contribution in [3.05, 3.63) is 46.8 Å². The van der Waals surface area contributed by atoms with Gasteiger partial charge in [-0.3, -0.25) is 0 Å². The first-order valence-electron chi connectivity index (χ1n) is 6.30. The summed E-state index contributed by atoms with van der Waals surface area (Å²) in [5.74, 6) is 0.857. The second-order valence-corrected chi connectivity index (χ2v) is 4.70.